The van der Waals surface area contributed by atoms with E-state index in [1.807, 2.05) is 32.1 Å². The van der Waals surface area contributed by atoms with E-state index in [0.717, 1.165) is 29.1 Å². The van der Waals surface area contributed by atoms with Crippen LogP contribution in [-0.2, 0) is 6.18 Å². The quantitative estimate of drug-likeness (QED) is 0.491. The number of hydrogen-bond acceptors (Lipinski definition) is 3. The Morgan fingerprint density at radius 2 is 1.88 bits per heavy atom. The van der Waals surface area contributed by atoms with E-state index in [1.165, 1.54) is 12.1 Å². The molecule has 9 heteroatoms. The lowest BCUT2D eigenvalue weighted by Gasteiger charge is -2.15. The zero-order valence-electron chi connectivity index (χ0n) is 18.5. The van der Waals surface area contributed by atoms with E-state index in [0.29, 0.717) is 23.4 Å². The molecule has 0 aliphatic heterocycles. The molecule has 0 saturated carbocycles. The fourth-order valence-corrected chi connectivity index (χ4v) is 4.26. The van der Waals surface area contributed by atoms with Crippen LogP contribution in [0.15, 0.2) is 60.7 Å². The van der Waals surface area contributed by atoms with Crippen LogP contribution in [-0.4, -0.2) is 21.9 Å². The number of alkyl halides is 3. The largest absolute Gasteiger partial charge is 0.416 e. The van der Waals surface area contributed by atoms with Gasteiger partial charge in [0.2, 0.25) is 0 Å². The van der Waals surface area contributed by atoms with Gasteiger partial charge in [-0.1, -0.05) is 18.2 Å². The fraction of sp³-hybridized carbons (Fsp3) is 0.240. The number of nitrogens with zero attached hydrogens (tertiary/aromatic N) is 3. The summed E-state index contributed by atoms with van der Waals surface area (Å²) >= 11 is 0. The zero-order valence-corrected chi connectivity index (χ0v) is 18.5. The van der Waals surface area contributed by atoms with Crippen molar-refractivity contribution in [2.75, 3.05) is 5.32 Å². The molecule has 1 aliphatic rings. The van der Waals surface area contributed by atoms with E-state index in [4.69, 9.17) is 5.26 Å². The summed E-state index contributed by atoms with van der Waals surface area (Å²) in [6.45, 7) is 3.75. The molecule has 2 unspecified atom stereocenters. The molecule has 2 N–H and O–H groups in total. The van der Waals surface area contributed by atoms with Gasteiger partial charge in [0.15, 0.2) is 0 Å². The lowest BCUT2D eigenvalue weighted by atomic mass is 9.96. The van der Waals surface area contributed by atoms with Crippen LogP contribution in [0.2, 0.25) is 0 Å². The molecule has 2 amide bonds. The molecule has 1 aromatic heterocycles. The molecule has 2 aromatic carbocycles. The van der Waals surface area contributed by atoms with Crippen LogP contribution in [0.4, 0.5) is 23.7 Å². The molecule has 34 heavy (non-hydrogen) atoms. The van der Waals surface area contributed by atoms with Crippen molar-refractivity contribution < 1.29 is 18.0 Å². The van der Waals surface area contributed by atoms with Crippen molar-refractivity contribution in [1.82, 2.24) is 15.1 Å². The molecule has 1 heterocycles. The van der Waals surface area contributed by atoms with Gasteiger partial charge in [-0.05, 0) is 62.7 Å². The monoisotopic (exact) mass is 465 g/mol. The topological polar surface area (TPSA) is 82.7 Å². The van der Waals surface area contributed by atoms with Gasteiger partial charge in [-0.15, -0.1) is 0 Å². The number of urea groups is 1. The molecule has 0 spiro atoms. The molecular formula is C25H22F3N5O. The Morgan fingerprint density at radius 3 is 2.56 bits per heavy atom. The Balaban J connectivity index is 1.44. The summed E-state index contributed by atoms with van der Waals surface area (Å²) in [6, 6.07) is 13.0. The number of nitriles is 1. The highest BCUT2D eigenvalue weighted by Gasteiger charge is 2.31. The zero-order chi connectivity index (χ0) is 24.5. The second-order valence-corrected chi connectivity index (χ2v) is 8.17. The summed E-state index contributed by atoms with van der Waals surface area (Å²) in [5.74, 6) is 0.00964. The molecule has 6 nitrogen and oxygen atoms in total. The van der Waals surface area contributed by atoms with Crippen molar-refractivity contribution >= 4 is 11.7 Å². The van der Waals surface area contributed by atoms with Crippen molar-refractivity contribution in [2.45, 2.75) is 38.4 Å². The second-order valence-electron chi connectivity index (χ2n) is 8.17. The molecule has 0 fully saturated rings. The van der Waals surface area contributed by atoms with Gasteiger partial charge in [0.25, 0.3) is 0 Å². The highest BCUT2D eigenvalue weighted by molar-refractivity contribution is 5.89. The predicted molar refractivity (Wildman–Crippen MR) is 122 cm³/mol. The van der Waals surface area contributed by atoms with Gasteiger partial charge in [-0.25, -0.2) is 9.48 Å². The Bertz CT molecular complexity index is 1290. The molecule has 0 bridgehead atoms. The number of carbonyl (C=O) groups excluding carboxylic acids is 1. The van der Waals surface area contributed by atoms with Crippen LogP contribution in [0.5, 0.6) is 0 Å². The van der Waals surface area contributed by atoms with Crippen molar-refractivity contribution in [3.63, 3.8) is 0 Å². The number of benzene rings is 2. The second kappa shape index (κ2) is 9.06. The van der Waals surface area contributed by atoms with Crippen LogP contribution < -0.4 is 10.6 Å². The van der Waals surface area contributed by atoms with Crippen LogP contribution in [0.3, 0.4) is 0 Å². The standard InChI is InChI=1S/C25H22F3N5O/c1-15-23(16(2)33(32-15)22-10-7-19(8-11-22)25(26,27)28)18-6-9-21(13-18)31-24(34)30-20-5-3-4-17(12-20)14-29/h3-12,18,21H,13H2,1-2H3,(H2,30,31,34). The molecule has 4 rings (SSSR count). The molecule has 0 saturated heterocycles. The van der Waals surface area contributed by atoms with Crippen molar-refractivity contribution in [2.24, 2.45) is 0 Å². The molecule has 174 valence electrons. The number of nitrogens with one attached hydrogen (secondary N) is 2. The van der Waals surface area contributed by atoms with E-state index in [-0.39, 0.29) is 18.0 Å². The number of carbonyl (C=O) groups is 1. The Morgan fingerprint density at radius 1 is 1.15 bits per heavy atom. The minimum absolute atomic E-state index is 0.00964. The lowest BCUT2D eigenvalue weighted by molar-refractivity contribution is -0.137. The minimum Gasteiger partial charge on any atom is -0.332 e. The first-order chi connectivity index (χ1) is 16.2. The number of hydrogen-bond donors (Lipinski definition) is 2. The third-order valence-corrected chi connectivity index (χ3v) is 5.81. The normalized spacial score (nSPS) is 17.4. The summed E-state index contributed by atoms with van der Waals surface area (Å²) in [7, 11) is 0. The highest BCUT2D eigenvalue weighted by atomic mass is 19.4. The molecule has 2 atom stereocenters. The molecular weight excluding hydrogens is 443 g/mol. The number of halogens is 3. The summed E-state index contributed by atoms with van der Waals surface area (Å²) in [4.78, 5) is 12.4. The Labute approximate surface area is 194 Å². The van der Waals surface area contributed by atoms with Gasteiger partial charge in [-0.3, -0.25) is 0 Å². The van der Waals surface area contributed by atoms with Gasteiger partial charge < -0.3 is 10.6 Å². The third-order valence-electron chi connectivity index (χ3n) is 5.81. The number of amides is 2. The summed E-state index contributed by atoms with van der Waals surface area (Å²) < 4.78 is 40.3. The number of allylic oxidation sites excluding steroid dienone is 1. The smallest absolute Gasteiger partial charge is 0.332 e. The summed E-state index contributed by atoms with van der Waals surface area (Å²) in [5, 5.41) is 19.2. The van der Waals surface area contributed by atoms with Gasteiger partial charge in [0.05, 0.1) is 28.6 Å². The van der Waals surface area contributed by atoms with Crippen molar-refractivity contribution in [1.29, 1.82) is 5.26 Å². The third kappa shape index (κ3) is 4.81. The fourth-order valence-electron chi connectivity index (χ4n) is 4.26. The van der Waals surface area contributed by atoms with Gasteiger partial charge in [0.1, 0.15) is 0 Å². The van der Waals surface area contributed by atoms with E-state index < -0.39 is 11.7 Å². The van der Waals surface area contributed by atoms with Gasteiger partial charge in [0, 0.05) is 28.9 Å². The van der Waals surface area contributed by atoms with Crippen LogP contribution >= 0.6 is 0 Å². The summed E-state index contributed by atoms with van der Waals surface area (Å²) in [6.07, 6.45) is 0.173. The predicted octanol–water partition coefficient (Wildman–Crippen LogP) is 5.61. The van der Waals surface area contributed by atoms with Crippen LogP contribution in [0, 0.1) is 25.2 Å². The maximum absolute atomic E-state index is 12.9. The van der Waals surface area contributed by atoms with Gasteiger partial charge >= 0.3 is 12.2 Å². The first-order valence-corrected chi connectivity index (χ1v) is 10.7. The summed E-state index contributed by atoms with van der Waals surface area (Å²) in [5.41, 5.74) is 3.44. The Hall–Kier alpha value is -4.06. The first-order valence-electron chi connectivity index (χ1n) is 10.7. The van der Waals surface area contributed by atoms with Gasteiger partial charge in [-0.2, -0.15) is 23.5 Å². The minimum atomic E-state index is -4.39. The highest BCUT2D eigenvalue weighted by Crippen LogP contribution is 2.35. The number of aryl methyl sites for hydroxylation is 1. The van der Waals surface area contributed by atoms with E-state index >= 15 is 0 Å². The van der Waals surface area contributed by atoms with Crippen LogP contribution in [0.1, 0.15) is 40.4 Å². The first kappa shape index (κ1) is 23.1. The maximum Gasteiger partial charge on any atom is 0.416 e. The molecule has 0 radical (unpaired) electrons. The maximum atomic E-state index is 12.9. The lowest BCUT2D eigenvalue weighted by Crippen LogP contribution is -2.36. The SMILES string of the molecule is Cc1nn(-c2ccc(C(F)(F)F)cc2)c(C)c1C1C=CC(NC(=O)Nc2cccc(C#N)c2)C1. The number of rotatable bonds is 4. The van der Waals surface area contributed by atoms with E-state index in [1.54, 1.807) is 28.9 Å². The molecule has 3 aromatic rings. The van der Waals surface area contributed by atoms with Crippen molar-refractivity contribution in [3.8, 4) is 11.8 Å². The average molecular weight is 465 g/mol. The van der Waals surface area contributed by atoms with Crippen LogP contribution in [0.25, 0.3) is 5.69 Å². The molecule has 1 aliphatic carbocycles. The van der Waals surface area contributed by atoms with E-state index in [2.05, 4.69) is 15.7 Å². The number of aromatic nitrogens is 2. The average Bonchev–Trinajstić information content (AvgIpc) is 3.36. The van der Waals surface area contributed by atoms with Crippen molar-refractivity contribution in [3.05, 3.63) is 88.8 Å². The van der Waals surface area contributed by atoms with E-state index in [9.17, 15) is 18.0 Å². The number of anilines is 1. The Kier molecular flexibility index (Phi) is 6.16.